The van der Waals surface area contributed by atoms with Gasteiger partial charge in [0.2, 0.25) is 0 Å². The van der Waals surface area contributed by atoms with Gasteiger partial charge in [0.25, 0.3) is 0 Å². The molecule has 0 spiro atoms. The van der Waals surface area contributed by atoms with E-state index in [1.54, 1.807) is 0 Å². The third kappa shape index (κ3) is 2.45. The molecule has 0 N–H and O–H groups in total. The highest BCUT2D eigenvalue weighted by atomic mass is 19.4. The lowest BCUT2D eigenvalue weighted by Gasteiger charge is -2.05. The third-order valence-electron chi connectivity index (χ3n) is 2.27. The summed E-state index contributed by atoms with van der Waals surface area (Å²) in [5.41, 5.74) is -0.266. The van der Waals surface area contributed by atoms with Crippen molar-refractivity contribution in [1.82, 2.24) is 9.78 Å². The number of alkyl halides is 3. The Morgan fingerprint density at radius 2 is 1.89 bits per heavy atom. The van der Waals surface area contributed by atoms with E-state index in [4.69, 9.17) is 5.26 Å². The number of hydrogen-bond donors (Lipinski definition) is 0. The first-order chi connectivity index (χ1) is 8.43. The van der Waals surface area contributed by atoms with Crippen molar-refractivity contribution in [3.05, 3.63) is 29.5 Å². The number of aryl methyl sites for hydroxylation is 1. The number of nitrogens with zero attached hydrogens (tertiary/aromatic N) is 3. The van der Waals surface area contributed by atoms with Crippen LogP contribution in [-0.4, -0.2) is 9.78 Å². The first kappa shape index (κ1) is 14.0. The van der Waals surface area contributed by atoms with Crippen LogP contribution in [0.4, 0.5) is 13.2 Å². The van der Waals surface area contributed by atoms with Crippen LogP contribution in [-0.2, 0) is 13.2 Å². The zero-order chi connectivity index (χ0) is 13.9. The van der Waals surface area contributed by atoms with Crippen LogP contribution >= 0.6 is 0 Å². The number of hydrogen-bond acceptors (Lipinski definition) is 2. The Morgan fingerprint density at radius 3 is 2.39 bits per heavy atom. The highest BCUT2D eigenvalue weighted by Gasteiger charge is 2.31. The number of rotatable bonds is 0. The average Bonchev–Trinajstić information content (AvgIpc) is 2.64. The molecule has 1 aromatic carbocycles. The van der Waals surface area contributed by atoms with Crippen molar-refractivity contribution >= 4 is 10.9 Å². The summed E-state index contributed by atoms with van der Waals surface area (Å²) in [6.07, 6.45) is -4.41. The second-order valence-corrected chi connectivity index (χ2v) is 3.31. The fraction of sp³-hybridized carbons (Fsp3) is 0.333. The molecule has 0 atom stereocenters. The summed E-state index contributed by atoms with van der Waals surface area (Å²) in [4.78, 5) is 0. The van der Waals surface area contributed by atoms with Gasteiger partial charge in [-0.1, -0.05) is 13.8 Å². The van der Waals surface area contributed by atoms with Crippen LogP contribution in [0.25, 0.3) is 10.9 Å². The fourth-order valence-corrected chi connectivity index (χ4v) is 1.51. The maximum Gasteiger partial charge on any atom is 0.416 e. The Bertz CT molecular complexity index is 591. The number of nitriles is 1. The monoisotopic (exact) mass is 255 g/mol. The lowest BCUT2D eigenvalue weighted by Crippen LogP contribution is -2.04. The molecule has 96 valence electrons. The molecule has 0 aliphatic rings. The molecule has 0 saturated carbocycles. The summed E-state index contributed by atoms with van der Waals surface area (Å²) >= 11 is 0. The van der Waals surface area contributed by atoms with E-state index in [1.807, 2.05) is 19.9 Å². The largest absolute Gasteiger partial charge is 0.416 e. The fourth-order valence-electron chi connectivity index (χ4n) is 1.51. The third-order valence-corrected chi connectivity index (χ3v) is 2.27. The minimum atomic E-state index is -4.41. The predicted molar refractivity (Wildman–Crippen MR) is 61.8 cm³/mol. The van der Waals surface area contributed by atoms with E-state index >= 15 is 0 Å². The standard InChI is InChI=1S/C10H6F3N3.C2H6/c1-16-9(5-14)7-4-6(10(11,12)13)2-3-8(7)15-16;1-2/h2-4H,1H3;1-2H3. The summed E-state index contributed by atoms with van der Waals surface area (Å²) in [6, 6.07) is 4.99. The van der Waals surface area contributed by atoms with Crippen LogP contribution in [0.1, 0.15) is 25.1 Å². The minimum absolute atomic E-state index is 0.126. The van der Waals surface area contributed by atoms with Gasteiger partial charge < -0.3 is 0 Å². The van der Waals surface area contributed by atoms with E-state index in [0.29, 0.717) is 5.52 Å². The van der Waals surface area contributed by atoms with Crippen LogP contribution in [0, 0.1) is 11.3 Å². The van der Waals surface area contributed by atoms with Gasteiger partial charge in [-0.3, -0.25) is 4.68 Å². The normalized spacial score (nSPS) is 10.7. The highest BCUT2D eigenvalue weighted by molar-refractivity contribution is 5.84. The first-order valence-corrected chi connectivity index (χ1v) is 5.37. The minimum Gasteiger partial charge on any atom is -0.257 e. The van der Waals surface area contributed by atoms with Gasteiger partial charge in [-0.05, 0) is 18.2 Å². The molecule has 0 fully saturated rings. The zero-order valence-electron chi connectivity index (χ0n) is 10.2. The van der Waals surface area contributed by atoms with Crippen molar-refractivity contribution in [3.63, 3.8) is 0 Å². The van der Waals surface area contributed by atoms with Crippen LogP contribution in [0.5, 0.6) is 0 Å². The van der Waals surface area contributed by atoms with E-state index in [1.165, 1.54) is 17.8 Å². The van der Waals surface area contributed by atoms with Gasteiger partial charge in [-0.15, -0.1) is 0 Å². The molecule has 6 heteroatoms. The smallest absolute Gasteiger partial charge is 0.257 e. The van der Waals surface area contributed by atoms with Gasteiger partial charge in [-0.25, -0.2) is 0 Å². The Balaban J connectivity index is 0.000000771. The Kier molecular flexibility index (Phi) is 3.96. The second kappa shape index (κ2) is 5.08. The van der Waals surface area contributed by atoms with Crippen molar-refractivity contribution in [3.8, 4) is 6.07 Å². The first-order valence-electron chi connectivity index (χ1n) is 5.37. The van der Waals surface area contributed by atoms with E-state index in [-0.39, 0.29) is 11.1 Å². The van der Waals surface area contributed by atoms with Gasteiger partial charge in [0.1, 0.15) is 11.8 Å². The molecule has 1 heterocycles. The molecular weight excluding hydrogens is 243 g/mol. The van der Waals surface area contributed by atoms with Gasteiger partial charge in [0.05, 0.1) is 11.1 Å². The van der Waals surface area contributed by atoms with Crippen molar-refractivity contribution in [2.75, 3.05) is 0 Å². The molecule has 1 aromatic heterocycles. The van der Waals surface area contributed by atoms with Crippen LogP contribution in [0.2, 0.25) is 0 Å². The predicted octanol–water partition coefficient (Wildman–Crippen LogP) is 3.49. The second-order valence-electron chi connectivity index (χ2n) is 3.31. The number of aromatic nitrogens is 2. The summed E-state index contributed by atoms with van der Waals surface area (Å²) in [5.74, 6) is 0. The molecule has 18 heavy (non-hydrogen) atoms. The molecule has 0 aliphatic carbocycles. The van der Waals surface area contributed by atoms with Crippen LogP contribution in [0.3, 0.4) is 0 Å². The number of benzene rings is 1. The summed E-state index contributed by atoms with van der Waals surface area (Å²) in [7, 11) is 1.52. The Hall–Kier alpha value is -2.03. The van der Waals surface area contributed by atoms with Gasteiger partial charge in [0, 0.05) is 12.4 Å². The van der Waals surface area contributed by atoms with Crippen molar-refractivity contribution < 1.29 is 13.2 Å². The molecule has 0 bridgehead atoms. The molecule has 0 aliphatic heterocycles. The molecule has 0 amide bonds. The van der Waals surface area contributed by atoms with E-state index in [2.05, 4.69) is 5.10 Å². The maximum atomic E-state index is 12.4. The zero-order valence-corrected chi connectivity index (χ0v) is 10.2. The number of fused-ring (bicyclic) bond motifs is 1. The molecule has 3 nitrogen and oxygen atoms in total. The Morgan fingerprint density at radius 1 is 1.28 bits per heavy atom. The number of halogens is 3. The Labute approximate surface area is 102 Å². The average molecular weight is 255 g/mol. The lowest BCUT2D eigenvalue weighted by molar-refractivity contribution is -0.137. The van der Waals surface area contributed by atoms with Crippen molar-refractivity contribution in [1.29, 1.82) is 5.26 Å². The SMILES string of the molecule is CC.Cn1nc2ccc(C(F)(F)F)cc2c1C#N. The van der Waals surface area contributed by atoms with Crippen molar-refractivity contribution in [2.24, 2.45) is 7.05 Å². The molecule has 0 radical (unpaired) electrons. The molecular formula is C12H12F3N3. The van der Waals surface area contributed by atoms with Gasteiger partial charge in [-0.2, -0.15) is 23.5 Å². The molecule has 2 aromatic rings. The molecule has 0 saturated heterocycles. The quantitative estimate of drug-likeness (QED) is 0.723. The summed E-state index contributed by atoms with van der Waals surface area (Å²) in [5, 5.41) is 13.0. The molecule has 0 unspecified atom stereocenters. The topological polar surface area (TPSA) is 41.6 Å². The van der Waals surface area contributed by atoms with E-state index in [0.717, 1.165) is 12.1 Å². The van der Waals surface area contributed by atoms with Crippen LogP contribution in [0.15, 0.2) is 18.2 Å². The summed E-state index contributed by atoms with van der Waals surface area (Å²) in [6.45, 7) is 4.00. The van der Waals surface area contributed by atoms with E-state index in [9.17, 15) is 13.2 Å². The van der Waals surface area contributed by atoms with Crippen molar-refractivity contribution in [2.45, 2.75) is 20.0 Å². The van der Waals surface area contributed by atoms with Gasteiger partial charge >= 0.3 is 6.18 Å². The lowest BCUT2D eigenvalue weighted by atomic mass is 10.1. The maximum absolute atomic E-state index is 12.4. The van der Waals surface area contributed by atoms with E-state index < -0.39 is 11.7 Å². The van der Waals surface area contributed by atoms with Gasteiger partial charge in [0.15, 0.2) is 0 Å². The summed E-state index contributed by atoms with van der Waals surface area (Å²) < 4.78 is 38.6. The molecule has 2 rings (SSSR count). The van der Waals surface area contributed by atoms with Crippen LogP contribution < -0.4 is 0 Å². The highest BCUT2D eigenvalue weighted by Crippen LogP contribution is 2.31.